The van der Waals surface area contributed by atoms with Crippen molar-refractivity contribution < 1.29 is 4.79 Å². The van der Waals surface area contributed by atoms with E-state index in [1.54, 1.807) is 0 Å². The third-order valence-corrected chi connectivity index (χ3v) is 3.78. The van der Waals surface area contributed by atoms with Crippen molar-refractivity contribution >= 4 is 32.6 Å². The highest BCUT2D eigenvalue weighted by Crippen LogP contribution is 2.18. The second-order valence-electron chi connectivity index (χ2n) is 4.58. The first-order valence-electron chi connectivity index (χ1n) is 6.61. The first-order chi connectivity index (χ1) is 9.26. The Kier molecular flexibility index (Phi) is 4.97. The molecular formula is C16H18BrNO. The molecule has 1 atom stereocenters. The molecule has 0 aromatic heterocycles. The highest BCUT2D eigenvalue weighted by Gasteiger charge is 2.13. The molecule has 100 valence electrons. The maximum atomic E-state index is 12.4. The zero-order chi connectivity index (χ0) is 13.7. The number of halogens is 1. The number of hydrogen-bond donors (Lipinski definition) is 1. The van der Waals surface area contributed by atoms with Gasteiger partial charge in [-0.3, -0.25) is 4.79 Å². The minimum atomic E-state index is 0.0181. The van der Waals surface area contributed by atoms with Crippen molar-refractivity contribution in [3.8, 4) is 0 Å². The van der Waals surface area contributed by atoms with Crippen molar-refractivity contribution in [3.05, 3.63) is 48.0 Å². The molecule has 3 heteroatoms. The topological polar surface area (TPSA) is 29.1 Å². The molecule has 0 aliphatic carbocycles. The van der Waals surface area contributed by atoms with Gasteiger partial charge in [-0.25, -0.2) is 0 Å². The predicted octanol–water partition coefficient (Wildman–Crippen LogP) is 4.13. The van der Waals surface area contributed by atoms with Gasteiger partial charge in [-0.15, -0.1) is 0 Å². The van der Waals surface area contributed by atoms with Crippen LogP contribution in [0.25, 0.3) is 10.8 Å². The van der Waals surface area contributed by atoms with Gasteiger partial charge in [0.1, 0.15) is 0 Å². The number of amides is 1. The summed E-state index contributed by atoms with van der Waals surface area (Å²) in [5.41, 5.74) is 0.756. The summed E-state index contributed by atoms with van der Waals surface area (Å²) in [6.07, 6.45) is 1.90. The van der Waals surface area contributed by atoms with Gasteiger partial charge in [0.05, 0.1) is 0 Å². The zero-order valence-corrected chi connectivity index (χ0v) is 12.6. The van der Waals surface area contributed by atoms with E-state index in [9.17, 15) is 4.79 Å². The van der Waals surface area contributed by atoms with Crippen LogP contribution in [0.3, 0.4) is 0 Å². The SMILES string of the molecule is CCC(CCBr)NC(=O)c1cccc2ccccc12. The van der Waals surface area contributed by atoms with E-state index in [2.05, 4.69) is 28.2 Å². The molecule has 1 unspecified atom stereocenters. The van der Waals surface area contributed by atoms with Crippen molar-refractivity contribution in [3.63, 3.8) is 0 Å². The Morgan fingerprint density at radius 3 is 2.68 bits per heavy atom. The Hall–Kier alpha value is -1.35. The Morgan fingerprint density at radius 1 is 1.21 bits per heavy atom. The molecule has 2 aromatic carbocycles. The van der Waals surface area contributed by atoms with Gasteiger partial charge in [-0.05, 0) is 29.7 Å². The van der Waals surface area contributed by atoms with Crippen LogP contribution in [-0.2, 0) is 0 Å². The summed E-state index contributed by atoms with van der Waals surface area (Å²) in [7, 11) is 0. The third-order valence-electron chi connectivity index (χ3n) is 3.32. The van der Waals surface area contributed by atoms with Gasteiger partial charge in [-0.1, -0.05) is 59.3 Å². The van der Waals surface area contributed by atoms with Crippen molar-refractivity contribution in [2.24, 2.45) is 0 Å². The smallest absolute Gasteiger partial charge is 0.252 e. The molecule has 0 heterocycles. The molecule has 0 saturated carbocycles. The summed E-state index contributed by atoms with van der Waals surface area (Å²) in [5.74, 6) is 0.0181. The van der Waals surface area contributed by atoms with Crippen molar-refractivity contribution in [2.45, 2.75) is 25.8 Å². The molecule has 1 amide bonds. The van der Waals surface area contributed by atoms with Crippen molar-refractivity contribution in [2.75, 3.05) is 5.33 Å². The van der Waals surface area contributed by atoms with E-state index in [0.29, 0.717) is 0 Å². The van der Waals surface area contributed by atoms with Gasteiger partial charge in [-0.2, -0.15) is 0 Å². The van der Waals surface area contributed by atoms with E-state index in [-0.39, 0.29) is 11.9 Å². The van der Waals surface area contributed by atoms with Crippen LogP contribution in [0.2, 0.25) is 0 Å². The molecular weight excluding hydrogens is 302 g/mol. The summed E-state index contributed by atoms with van der Waals surface area (Å²) in [6.45, 7) is 2.09. The van der Waals surface area contributed by atoms with Gasteiger partial charge in [0.25, 0.3) is 5.91 Å². The molecule has 1 N–H and O–H groups in total. The molecule has 2 nitrogen and oxygen atoms in total. The maximum Gasteiger partial charge on any atom is 0.252 e. The van der Waals surface area contributed by atoms with Gasteiger partial charge in [0, 0.05) is 16.9 Å². The first kappa shape index (κ1) is 14.1. The summed E-state index contributed by atoms with van der Waals surface area (Å²) >= 11 is 3.43. The van der Waals surface area contributed by atoms with Crippen LogP contribution in [0.4, 0.5) is 0 Å². The standard InChI is InChI=1S/C16H18BrNO/c1-2-13(10-11-17)18-16(19)15-9-5-7-12-6-3-4-8-14(12)15/h3-9,13H,2,10-11H2,1H3,(H,18,19). The lowest BCUT2D eigenvalue weighted by molar-refractivity contribution is 0.0937. The van der Waals surface area contributed by atoms with Crippen LogP contribution in [0.15, 0.2) is 42.5 Å². The van der Waals surface area contributed by atoms with Gasteiger partial charge in [0.2, 0.25) is 0 Å². The van der Waals surface area contributed by atoms with E-state index in [4.69, 9.17) is 0 Å². The van der Waals surface area contributed by atoms with E-state index >= 15 is 0 Å². The number of nitrogens with one attached hydrogen (secondary N) is 1. The van der Waals surface area contributed by atoms with Gasteiger partial charge >= 0.3 is 0 Å². The summed E-state index contributed by atoms with van der Waals surface area (Å²) in [6, 6.07) is 14.1. The van der Waals surface area contributed by atoms with Gasteiger partial charge in [0.15, 0.2) is 0 Å². The first-order valence-corrected chi connectivity index (χ1v) is 7.73. The van der Waals surface area contributed by atoms with Gasteiger partial charge < -0.3 is 5.32 Å². The summed E-state index contributed by atoms with van der Waals surface area (Å²) in [4.78, 5) is 12.4. The predicted molar refractivity (Wildman–Crippen MR) is 83.9 cm³/mol. The molecule has 0 bridgehead atoms. The number of carbonyl (C=O) groups is 1. The minimum absolute atomic E-state index is 0.0181. The van der Waals surface area contributed by atoms with Crippen LogP contribution in [-0.4, -0.2) is 17.3 Å². The molecule has 19 heavy (non-hydrogen) atoms. The molecule has 0 saturated heterocycles. The largest absolute Gasteiger partial charge is 0.349 e. The van der Waals surface area contributed by atoms with Crippen LogP contribution in [0.1, 0.15) is 30.1 Å². The number of rotatable bonds is 5. The lowest BCUT2D eigenvalue weighted by Gasteiger charge is -2.16. The number of hydrogen-bond acceptors (Lipinski definition) is 1. The van der Waals surface area contributed by atoms with Crippen molar-refractivity contribution in [1.29, 1.82) is 0 Å². The van der Waals surface area contributed by atoms with Crippen LogP contribution in [0, 0.1) is 0 Å². The average molecular weight is 320 g/mol. The Bertz CT molecular complexity index is 562. The Morgan fingerprint density at radius 2 is 1.95 bits per heavy atom. The number of fused-ring (bicyclic) bond motifs is 1. The fourth-order valence-corrected chi connectivity index (χ4v) is 2.75. The van der Waals surface area contributed by atoms with Crippen LogP contribution < -0.4 is 5.32 Å². The highest BCUT2D eigenvalue weighted by molar-refractivity contribution is 9.09. The molecule has 0 spiro atoms. The second-order valence-corrected chi connectivity index (χ2v) is 5.38. The minimum Gasteiger partial charge on any atom is -0.349 e. The Labute approximate surface area is 122 Å². The quantitative estimate of drug-likeness (QED) is 0.825. The number of alkyl halides is 1. The monoisotopic (exact) mass is 319 g/mol. The molecule has 0 aliphatic heterocycles. The fraction of sp³-hybridized carbons (Fsp3) is 0.312. The van der Waals surface area contributed by atoms with Crippen molar-refractivity contribution in [1.82, 2.24) is 5.32 Å². The molecule has 0 fully saturated rings. The maximum absolute atomic E-state index is 12.4. The zero-order valence-electron chi connectivity index (χ0n) is 11.0. The number of carbonyl (C=O) groups excluding carboxylic acids is 1. The summed E-state index contributed by atoms with van der Waals surface area (Å²) < 4.78 is 0. The normalized spacial score (nSPS) is 12.3. The Balaban J connectivity index is 2.26. The summed E-state index contributed by atoms with van der Waals surface area (Å²) in [5, 5.41) is 6.12. The molecule has 2 rings (SSSR count). The number of benzene rings is 2. The average Bonchev–Trinajstić information content (AvgIpc) is 2.46. The second kappa shape index (κ2) is 6.71. The molecule has 0 aliphatic rings. The van der Waals surface area contributed by atoms with E-state index in [0.717, 1.165) is 34.5 Å². The molecule has 2 aromatic rings. The van der Waals surface area contributed by atoms with Crippen LogP contribution in [0.5, 0.6) is 0 Å². The van der Waals surface area contributed by atoms with E-state index in [1.165, 1.54) is 0 Å². The van der Waals surface area contributed by atoms with Crippen LogP contribution >= 0.6 is 15.9 Å². The molecule has 0 radical (unpaired) electrons. The van der Waals surface area contributed by atoms with E-state index in [1.807, 2.05) is 42.5 Å². The third kappa shape index (κ3) is 3.35. The highest BCUT2D eigenvalue weighted by atomic mass is 79.9. The fourth-order valence-electron chi connectivity index (χ4n) is 2.20. The lowest BCUT2D eigenvalue weighted by Crippen LogP contribution is -2.34. The lowest BCUT2D eigenvalue weighted by atomic mass is 10.0. The van der Waals surface area contributed by atoms with E-state index < -0.39 is 0 Å².